The van der Waals surface area contributed by atoms with E-state index in [1.165, 1.54) is 13.1 Å². The Morgan fingerprint density at radius 2 is 1.57 bits per heavy atom. The van der Waals surface area contributed by atoms with Gasteiger partial charge >= 0.3 is 12.2 Å². The molecule has 0 radical (unpaired) electrons. The molecule has 0 aromatic heterocycles. The molecule has 1 saturated heterocycles. The van der Waals surface area contributed by atoms with E-state index >= 15 is 0 Å². The molecule has 0 aromatic carbocycles. The number of nitrogens with zero attached hydrogens (tertiary/aromatic N) is 2. The van der Waals surface area contributed by atoms with E-state index in [0.29, 0.717) is 12.8 Å². The molecule has 0 saturated carbocycles. The van der Waals surface area contributed by atoms with Gasteiger partial charge in [0.05, 0.1) is 12.1 Å². The fourth-order valence-corrected chi connectivity index (χ4v) is 2.61. The summed E-state index contributed by atoms with van der Waals surface area (Å²) in [6.07, 6.45) is 1.53. The fraction of sp³-hybridized carbons (Fsp3) is 0.727. The quantitative estimate of drug-likeness (QED) is 0.145. The van der Waals surface area contributed by atoms with Crippen LogP contribution in [0.15, 0.2) is 10.1 Å². The van der Waals surface area contributed by atoms with Crippen LogP contribution in [-0.2, 0) is 19.1 Å². The number of carbonyl (C=O) groups excluding carboxylic acids is 4. The maximum atomic E-state index is 12.3. The number of hydrogen-bond donors (Lipinski definition) is 5. The highest BCUT2D eigenvalue weighted by molar-refractivity contribution is 6.01. The number of guanidine groups is 1. The van der Waals surface area contributed by atoms with Crippen molar-refractivity contribution >= 4 is 36.2 Å². The lowest BCUT2D eigenvalue weighted by Crippen LogP contribution is -2.55. The van der Waals surface area contributed by atoms with Crippen molar-refractivity contribution in [3.63, 3.8) is 0 Å². The number of alkyl carbamates (subject to hydrolysis) is 2. The van der Waals surface area contributed by atoms with Crippen LogP contribution in [0.25, 0.3) is 0 Å². The van der Waals surface area contributed by atoms with Gasteiger partial charge < -0.3 is 20.1 Å². The largest absolute Gasteiger partial charge is 0.444 e. The zero-order valence-corrected chi connectivity index (χ0v) is 21.6. The molecule has 0 aliphatic carbocycles. The average Bonchev–Trinajstić information content (AvgIpc) is 2.59. The van der Waals surface area contributed by atoms with Crippen LogP contribution < -0.4 is 26.7 Å². The van der Waals surface area contributed by atoms with Gasteiger partial charge in [-0.25, -0.2) is 15.0 Å². The molecule has 0 bridgehead atoms. The van der Waals surface area contributed by atoms with Crippen molar-refractivity contribution in [3.05, 3.63) is 0 Å². The van der Waals surface area contributed by atoms with Crippen LogP contribution >= 0.6 is 0 Å². The second kappa shape index (κ2) is 13.6. The lowest BCUT2D eigenvalue weighted by Gasteiger charge is -2.27. The molecule has 1 fully saturated rings. The van der Waals surface area contributed by atoms with Gasteiger partial charge in [0, 0.05) is 19.7 Å². The second-order valence-electron chi connectivity index (χ2n) is 9.98. The maximum absolute atomic E-state index is 12.3. The number of rotatable bonds is 8. The van der Waals surface area contributed by atoms with Crippen molar-refractivity contribution in [2.24, 2.45) is 10.1 Å². The molecule has 13 nitrogen and oxygen atoms in total. The molecule has 1 aliphatic rings. The first-order chi connectivity index (χ1) is 16.1. The Morgan fingerprint density at radius 3 is 2.00 bits per heavy atom. The second-order valence-corrected chi connectivity index (χ2v) is 9.98. The summed E-state index contributed by atoms with van der Waals surface area (Å²) in [7, 11) is 0. The van der Waals surface area contributed by atoms with E-state index in [1.807, 2.05) is 0 Å². The number of aliphatic imine (C=N–C) groups is 1. The van der Waals surface area contributed by atoms with E-state index < -0.39 is 29.4 Å². The van der Waals surface area contributed by atoms with Crippen molar-refractivity contribution in [3.8, 4) is 0 Å². The third kappa shape index (κ3) is 14.6. The highest BCUT2D eigenvalue weighted by Gasteiger charge is 2.26. The van der Waals surface area contributed by atoms with Gasteiger partial charge in [0.25, 0.3) is 0 Å². The average molecular weight is 498 g/mol. The lowest BCUT2D eigenvalue weighted by molar-refractivity contribution is -0.125. The summed E-state index contributed by atoms with van der Waals surface area (Å²) in [6.45, 7) is 12.6. The van der Waals surface area contributed by atoms with E-state index in [9.17, 15) is 19.2 Å². The van der Waals surface area contributed by atoms with E-state index in [2.05, 4.69) is 36.8 Å². The molecule has 0 spiro atoms. The van der Waals surface area contributed by atoms with Gasteiger partial charge in [0.15, 0.2) is 0 Å². The van der Waals surface area contributed by atoms with Crippen molar-refractivity contribution in [2.45, 2.75) is 91.0 Å². The molecule has 13 heteroatoms. The zero-order valence-electron chi connectivity index (χ0n) is 21.6. The molecule has 1 rings (SSSR count). The molecule has 2 atom stereocenters. The Hall–Kier alpha value is -3.22. The van der Waals surface area contributed by atoms with E-state index in [0.717, 1.165) is 13.0 Å². The van der Waals surface area contributed by atoms with Crippen LogP contribution in [0.5, 0.6) is 0 Å². The third-order valence-electron chi connectivity index (χ3n) is 4.13. The van der Waals surface area contributed by atoms with Crippen molar-refractivity contribution in [1.29, 1.82) is 0 Å². The van der Waals surface area contributed by atoms with Gasteiger partial charge in [0.2, 0.25) is 17.8 Å². The molecule has 0 unspecified atom stereocenters. The first-order valence-electron chi connectivity index (χ1n) is 11.5. The highest BCUT2D eigenvalue weighted by atomic mass is 16.6. The number of hydrogen-bond acceptors (Lipinski definition) is 9. The first-order valence-corrected chi connectivity index (χ1v) is 11.5. The van der Waals surface area contributed by atoms with Crippen LogP contribution in [0.3, 0.4) is 0 Å². The molecule has 35 heavy (non-hydrogen) atoms. The van der Waals surface area contributed by atoms with Crippen LogP contribution in [0.4, 0.5) is 9.59 Å². The molecule has 1 heterocycles. The van der Waals surface area contributed by atoms with Gasteiger partial charge in [-0.2, -0.15) is 5.10 Å². The normalized spacial score (nSPS) is 16.4. The molecule has 198 valence electrons. The number of carbonyl (C=O) groups is 4. The number of amides is 4. The van der Waals surface area contributed by atoms with Crippen molar-refractivity contribution in [2.75, 3.05) is 13.1 Å². The minimum Gasteiger partial charge on any atom is -0.444 e. The summed E-state index contributed by atoms with van der Waals surface area (Å²) >= 11 is 0. The molecule has 0 aromatic rings. The van der Waals surface area contributed by atoms with Crippen molar-refractivity contribution in [1.82, 2.24) is 26.7 Å². The van der Waals surface area contributed by atoms with Crippen molar-refractivity contribution < 1.29 is 28.7 Å². The van der Waals surface area contributed by atoms with Crippen LogP contribution in [0, 0.1) is 0 Å². The Labute approximate surface area is 206 Å². The summed E-state index contributed by atoms with van der Waals surface area (Å²) in [6, 6.07) is -0.694. The van der Waals surface area contributed by atoms with Crippen LogP contribution in [0.2, 0.25) is 0 Å². The molecule has 1 aliphatic heterocycles. The monoisotopic (exact) mass is 497 g/mol. The summed E-state index contributed by atoms with van der Waals surface area (Å²) in [4.78, 5) is 51.9. The zero-order chi connectivity index (χ0) is 26.6. The predicted molar refractivity (Wildman–Crippen MR) is 131 cm³/mol. The molecule has 5 N–H and O–H groups in total. The SMILES string of the molecule is CC(=O)N/N=C/[C@H](CCCN=C(NC(=O)OC(C)(C)C)NC(=O)OC(C)(C)C)NC(=O)[C@@H]1CCN1. The van der Waals surface area contributed by atoms with Crippen LogP contribution in [0.1, 0.15) is 67.7 Å². The summed E-state index contributed by atoms with van der Waals surface area (Å²) in [5.41, 5.74) is 0.827. The molecular weight excluding hydrogens is 458 g/mol. The summed E-state index contributed by atoms with van der Waals surface area (Å²) < 4.78 is 10.4. The standard InChI is InChI=1S/C22H39N7O6/c1-14(30)29-25-13-15(26-17(31)16-10-12-23-16)9-8-11-24-18(27-19(32)34-21(2,3)4)28-20(33)35-22(5,6)7/h13,15-16,23H,8-12H2,1-7H3,(H,26,31)(H,29,30)(H2,24,27,28,32,33)/b25-13+/t15-,16-/m0/s1. The maximum Gasteiger partial charge on any atom is 0.414 e. The van der Waals surface area contributed by atoms with Crippen LogP contribution in [-0.4, -0.2) is 72.6 Å². The van der Waals surface area contributed by atoms with E-state index in [-0.39, 0.29) is 30.4 Å². The molecule has 4 amide bonds. The Bertz CT molecular complexity index is 778. The predicted octanol–water partition coefficient (Wildman–Crippen LogP) is 1.14. The summed E-state index contributed by atoms with van der Waals surface area (Å²) in [5.74, 6) is -0.611. The van der Waals surface area contributed by atoms with Gasteiger partial charge in [-0.05, 0) is 67.3 Å². The van der Waals surface area contributed by atoms with E-state index in [4.69, 9.17) is 9.47 Å². The minimum atomic E-state index is -0.784. The summed E-state index contributed by atoms with van der Waals surface area (Å²) in [5, 5.41) is 14.6. The van der Waals surface area contributed by atoms with Gasteiger partial charge in [0.1, 0.15) is 11.2 Å². The smallest absolute Gasteiger partial charge is 0.414 e. The Balaban J connectivity index is 2.77. The third-order valence-corrected chi connectivity index (χ3v) is 4.13. The highest BCUT2D eigenvalue weighted by Crippen LogP contribution is 2.08. The van der Waals surface area contributed by atoms with Gasteiger partial charge in [-0.1, -0.05) is 0 Å². The number of ether oxygens (including phenoxy) is 2. The number of hydrazone groups is 1. The van der Waals surface area contributed by atoms with Gasteiger partial charge in [-0.3, -0.25) is 25.2 Å². The fourth-order valence-electron chi connectivity index (χ4n) is 2.61. The van der Waals surface area contributed by atoms with Gasteiger partial charge in [-0.15, -0.1) is 0 Å². The lowest BCUT2D eigenvalue weighted by atomic mass is 10.1. The topological polar surface area (TPSA) is 172 Å². The Kier molecular flexibility index (Phi) is 11.6. The first kappa shape index (κ1) is 29.8. The Morgan fingerprint density at radius 1 is 1.03 bits per heavy atom. The molecular formula is C22H39N7O6. The van der Waals surface area contributed by atoms with E-state index in [1.54, 1.807) is 41.5 Å². The number of nitrogens with one attached hydrogen (secondary N) is 5. The minimum absolute atomic E-state index is 0.125.